The average molecular weight is 1050 g/mol. The molecule has 0 aromatic rings. The molecule has 2 heterocycles. The van der Waals surface area contributed by atoms with E-state index in [1.54, 1.807) is 20.8 Å². The summed E-state index contributed by atoms with van der Waals surface area (Å²) >= 11 is 0. The van der Waals surface area contributed by atoms with E-state index in [1.807, 2.05) is 0 Å². The maximum absolute atomic E-state index is 9.94. The van der Waals surface area contributed by atoms with Crippen LogP contribution in [0.2, 0.25) is 0 Å². The van der Waals surface area contributed by atoms with Crippen LogP contribution in [0.1, 0.15) is 47.0 Å². The van der Waals surface area contributed by atoms with Crippen LogP contribution in [0.15, 0.2) is 0 Å². The highest BCUT2D eigenvalue weighted by Crippen LogP contribution is 2.28. The third-order valence-corrected chi connectivity index (χ3v) is 11.4. The zero-order chi connectivity index (χ0) is 54.9. The largest absolute Gasteiger partial charge is 0.394 e. The van der Waals surface area contributed by atoms with Crippen LogP contribution in [-0.2, 0) is 18.9 Å². The van der Waals surface area contributed by atoms with Gasteiger partial charge in [0.15, 0.2) is 12.6 Å². The van der Waals surface area contributed by atoms with Gasteiger partial charge >= 0.3 is 0 Å². The van der Waals surface area contributed by atoms with E-state index in [0.717, 1.165) is 0 Å². The van der Waals surface area contributed by atoms with Crippen LogP contribution in [0.5, 0.6) is 0 Å². The number of aliphatic hydroxyl groups excluding tert-OH is 26. The molecule has 26 N–H and O–H groups in total. The Labute approximate surface area is 403 Å². The molecule has 0 aromatic carbocycles. The Morgan fingerprint density at radius 3 is 0.914 bits per heavy atom. The molecule has 0 bridgehead atoms. The fourth-order valence-electron chi connectivity index (χ4n) is 6.29. The summed E-state index contributed by atoms with van der Waals surface area (Å²) in [5.41, 5.74) is 0. The maximum atomic E-state index is 9.94. The van der Waals surface area contributed by atoms with Crippen LogP contribution < -0.4 is 0 Å². The smallest absolute Gasteiger partial charge is 0.187 e. The van der Waals surface area contributed by atoms with Crippen molar-refractivity contribution < 1.29 is 152 Å². The second-order valence-corrected chi connectivity index (χ2v) is 16.6. The molecule has 0 aliphatic carbocycles. The molecule has 0 aromatic heterocycles. The van der Waals surface area contributed by atoms with Crippen molar-refractivity contribution in [1.29, 1.82) is 0 Å². The highest BCUT2D eigenvalue weighted by Gasteiger charge is 2.48. The van der Waals surface area contributed by atoms with Crippen molar-refractivity contribution in [1.82, 2.24) is 0 Å². The van der Waals surface area contributed by atoms with Crippen LogP contribution in [0.3, 0.4) is 0 Å². The van der Waals surface area contributed by atoms with Gasteiger partial charge < -0.3 is 152 Å². The summed E-state index contributed by atoms with van der Waals surface area (Å²) in [5, 5.41) is 242. The van der Waals surface area contributed by atoms with E-state index in [9.17, 15) is 56.2 Å². The summed E-state index contributed by atoms with van der Waals surface area (Å²) in [7, 11) is 0. The van der Waals surface area contributed by atoms with E-state index in [2.05, 4.69) is 0 Å². The minimum atomic E-state index is -1.71. The minimum absolute atomic E-state index is 0.122. The van der Waals surface area contributed by atoms with Crippen molar-refractivity contribution in [2.75, 3.05) is 46.2 Å². The number of hydrogen-bond donors (Lipinski definition) is 26. The van der Waals surface area contributed by atoms with E-state index in [-0.39, 0.29) is 19.3 Å². The lowest BCUT2D eigenvalue weighted by molar-refractivity contribution is -0.326. The Morgan fingerprint density at radius 1 is 0.343 bits per heavy atom. The maximum Gasteiger partial charge on any atom is 0.187 e. The Hall–Kier alpha value is -1.20. The quantitative estimate of drug-likeness (QED) is 0.0382. The first kappa shape index (κ1) is 70.9. The van der Waals surface area contributed by atoms with Crippen LogP contribution in [0.4, 0.5) is 0 Å². The molecule has 0 amide bonds. The van der Waals surface area contributed by atoms with Gasteiger partial charge in [0.05, 0.1) is 76.8 Å². The second kappa shape index (κ2) is 36.7. The number of hydrogen-bond acceptors (Lipinski definition) is 30. The van der Waals surface area contributed by atoms with Crippen LogP contribution >= 0.6 is 0 Å². The molecule has 2 rings (SSSR count). The lowest BCUT2D eigenvalue weighted by Crippen LogP contribution is -2.61. The lowest BCUT2D eigenvalue weighted by Gasteiger charge is -2.42. The van der Waals surface area contributed by atoms with E-state index in [4.69, 9.17) is 95.5 Å². The van der Waals surface area contributed by atoms with Crippen molar-refractivity contribution in [2.45, 2.75) is 200 Å². The summed E-state index contributed by atoms with van der Waals surface area (Å²) in [6, 6.07) is 0. The van der Waals surface area contributed by atoms with E-state index < -0.39 is 205 Å². The first-order chi connectivity index (χ1) is 32.6. The van der Waals surface area contributed by atoms with Gasteiger partial charge in [-0.15, -0.1) is 0 Å². The van der Waals surface area contributed by atoms with Gasteiger partial charge in [-0.3, -0.25) is 0 Å². The number of rotatable bonds is 26. The fourth-order valence-corrected chi connectivity index (χ4v) is 6.29. The van der Waals surface area contributed by atoms with Gasteiger partial charge in [0.25, 0.3) is 0 Å². The van der Waals surface area contributed by atoms with Gasteiger partial charge in [0.1, 0.15) is 110 Å². The number of aliphatic hydroxyl groups is 26. The van der Waals surface area contributed by atoms with Crippen LogP contribution in [0, 0.1) is 5.92 Å². The standard InChI is InChI=1S/2C13H26O10.2C7H16O5/c1-5(6(17)2-14)12(7(18)3-15)23-13-11(21)10(20)9(19)8(4-16)22-13;1-2-5(16)12(8(18)6(17)3-14)23-13-11(21)10(20)9(19)7(4-15)22-13;2*1-2-4(9)6(11)7(12)5(10)3-8/h2*5-21H,2-4H2,1H3;2*4-12H,2-3H2,1H3/t5-,6+,7-,8?,9+,10+,11?,12+,13+;5-,6+,7?,8-,9-,10-,11?,12-,13-;4-,5+,6+,7+;4-,5+,6+,7-/m1100/s1. The Bertz CT molecular complexity index is 1150. The first-order valence-corrected chi connectivity index (χ1v) is 22.5. The fraction of sp³-hybridized carbons (Fsp3) is 1.00. The molecule has 30 nitrogen and oxygen atoms in total. The third kappa shape index (κ3) is 21.9. The molecular weight excluding hydrogens is 960 g/mol. The van der Waals surface area contributed by atoms with Crippen LogP contribution in [0.25, 0.3) is 0 Å². The summed E-state index contributed by atoms with van der Waals surface area (Å²) < 4.78 is 20.9. The third-order valence-electron chi connectivity index (χ3n) is 11.4. The highest BCUT2D eigenvalue weighted by atomic mass is 16.7. The lowest BCUT2D eigenvalue weighted by atomic mass is 9.93. The monoisotopic (exact) mass is 1040 g/mol. The SMILES string of the molecule is CC[C@@H](O)[C@@H](O[C@H]1OC(CO)[C@@H](O)[C@@H](O)C1O)[C@H](O)[C@@H](O)CO.CC[C@H](O)[C@@H](O)[C@@H](O)[C@H](O)CO.CC[C@H](O)[C@@H](O)[C@H](O)[C@H](O)CO.C[C@@H]([C@H](O[C@@H]1OC(CO)[C@H](O)[C@H](O)C1O)[C@H](O)CO)[C@@H](O)CO. The van der Waals surface area contributed by atoms with E-state index in [0.29, 0.717) is 0 Å². The van der Waals surface area contributed by atoms with Gasteiger partial charge in [0.2, 0.25) is 0 Å². The topological polar surface area (TPSA) is 563 Å². The van der Waals surface area contributed by atoms with Gasteiger partial charge in [-0.2, -0.15) is 0 Å². The predicted octanol–water partition coefficient (Wildman–Crippen LogP) is -13.2. The second-order valence-electron chi connectivity index (χ2n) is 16.6. The van der Waals surface area contributed by atoms with Crippen molar-refractivity contribution in [3.63, 3.8) is 0 Å². The molecule has 4 unspecified atom stereocenters. The summed E-state index contributed by atoms with van der Waals surface area (Å²) in [6.45, 7) is 1.56. The van der Waals surface area contributed by atoms with Crippen molar-refractivity contribution in [3.05, 3.63) is 0 Å². The Morgan fingerprint density at radius 2 is 0.629 bits per heavy atom. The summed E-state index contributed by atoms with van der Waals surface area (Å²) in [4.78, 5) is 0. The van der Waals surface area contributed by atoms with E-state index >= 15 is 0 Å². The molecule has 30 heteroatoms. The molecule has 424 valence electrons. The normalized spacial score (nSPS) is 31.8. The van der Waals surface area contributed by atoms with Crippen LogP contribution in [-0.4, -0.2) is 332 Å². The summed E-state index contributed by atoms with van der Waals surface area (Å²) in [6.07, 6.45) is -35.5. The molecule has 0 radical (unpaired) electrons. The molecule has 2 fully saturated rings. The van der Waals surface area contributed by atoms with Gasteiger partial charge in [-0.05, 0) is 19.3 Å². The zero-order valence-electron chi connectivity index (χ0n) is 39.3. The van der Waals surface area contributed by atoms with E-state index in [1.165, 1.54) is 6.92 Å². The first-order valence-electron chi connectivity index (χ1n) is 22.5. The molecule has 70 heavy (non-hydrogen) atoms. The van der Waals surface area contributed by atoms with Crippen molar-refractivity contribution >= 4 is 0 Å². The molecular formula is C40H84O30. The average Bonchev–Trinajstić information content (AvgIpc) is 3.38. The van der Waals surface area contributed by atoms with Gasteiger partial charge in [0, 0.05) is 5.92 Å². The molecule has 2 aliphatic heterocycles. The number of ether oxygens (including phenoxy) is 4. The van der Waals surface area contributed by atoms with Crippen molar-refractivity contribution in [3.8, 4) is 0 Å². The Kier molecular flexibility index (Phi) is 37.2. The Balaban J connectivity index is 0. The molecule has 26 atom stereocenters. The molecule has 0 saturated carbocycles. The van der Waals surface area contributed by atoms with Gasteiger partial charge in [-0.1, -0.05) is 27.7 Å². The van der Waals surface area contributed by atoms with Gasteiger partial charge in [-0.25, -0.2) is 0 Å². The zero-order valence-corrected chi connectivity index (χ0v) is 39.3. The minimum Gasteiger partial charge on any atom is -0.394 e. The predicted molar refractivity (Wildman–Crippen MR) is 231 cm³/mol. The molecule has 2 saturated heterocycles. The molecule has 0 spiro atoms. The summed E-state index contributed by atoms with van der Waals surface area (Å²) in [5.74, 6) is -0.852. The van der Waals surface area contributed by atoms with Crippen molar-refractivity contribution in [2.24, 2.45) is 5.92 Å². The highest BCUT2D eigenvalue weighted by molar-refractivity contribution is 4.92. The molecule has 2 aliphatic rings.